The minimum Gasteiger partial charge on any atom is -0.212 e. The average molecular weight is 201 g/mol. The molecule has 2 heterocycles. The van der Waals surface area contributed by atoms with E-state index in [1.807, 2.05) is 0 Å². The Labute approximate surface area is 79.5 Å². The molecule has 0 saturated carbocycles. The summed E-state index contributed by atoms with van der Waals surface area (Å²) in [5.74, 6) is 0. The van der Waals surface area contributed by atoms with Gasteiger partial charge in [-0.25, -0.2) is 8.42 Å². The van der Waals surface area contributed by atoms with Crippen LogP contribution in [-0.4, -0.2) is 31.1 Å². The van der Waals surface area contributed by atoms with Crippen LogP contribution in [0.4, 0.5) is 0 Å². The Hall–Kier alpha value is -0.350. The Morgan fingerprint density at radius 1 is 1.46 bits per heavy atom. The SMILES string of the molecule is CC1=CC2CCC(C1)N2S(C)(=O)=O. The van der Waals surface area contributed by atoms with E-state index in [-0.39, 0.29) is 12.1 Å². The summed E-state index contributed by atoms with van der Waals surface area (Å²) in [5, 5.41) is 0. The monoisotopic (exact) mass is 201 g/mol. The first kappa shape index (κ1) is 9.21. The zero-order chi connectivity index (χ0) is 9.64. The van der Waals surface area contributed by atoms with Gasteiger partial charge in [0.25, 0.3) is 0 Å². The molecule has 2 aliphatic rings. The number of nitrogens with zero attached hydrogens (tertiary/aromatic N) is 1. The van der Waals surface area contributed by atoms with Gasteiger partial charge >= 0.3 is 0 Å². The van der Waals surface area contributed by atoms with Gasteiger partial charge in [0.15, 0.2) is 0 Å². The van der Waals surface area contributed by atoms with Crippen molar-refractivity contribution in [3.8, 4) is 0 Å². The molecule has 0 radical (unpaired) electrons. The van der Waals surface area contributed by atoms with Gasteiger partial charge in [0.05, 0.1) is 6.26 Å². The van der Waals surface area contributed by atoms with E-state index in [2.05, 4.69) is 13.0 Å². The van der Waals surface area contributed by atoms with Crippen molar-refractivity contribution in [3.05, 3.63) is 11.6 Å². The van der Waals surface area contributed by atoms with Gasteiger partial charge in [-0.1, -0.05) is 11.6 Å². The molecule has 2 bridgehead atoms. The Bertz CT molecular complexity index is 345. The molecule has 13 heavy (non-hydrogen) atoms. The quantitative estimate of drug-likeness (QED) is 0.596. The first-order valence-corrected chi connectivity index (χ1v) is 6.49. The summed E-state index contributed by atoms with van der Waals surface area (Å²) < 4.78 is 24.6. The molecule has 4 heteroatoms. The van der Waals surface area contributed by atoms with Crippen LogP contribution in [0, 0.1) is 0 Å². The first-order chi connectivity index (χ1) is 5.98. The smallest absolute Gasteiger partial charge is 0.212 e. The summed E-state index contributed by atoms with van der Waals surface area (Å²) in [6.07, 6.45) is 6.35. The van der Waals surface area contributed by atoms with Crippen molar-refractivity contribution in [1.82, 2.24) is 4.31 Å². The first-order valence-electron chi connectivity index (χ1n) is 4.64. The molecule has 0 amide bonds. The third-order valence-corrected chi connectivity index (χ3v) is 4.23. The second-order valence-electron chi connectivity index (χ2n) is 4.11. The van der Waals surface area contributed by atoms with E-state index in [1.54, 1.807) is 4.31 Å². The van der Waals surface area contributed by atoms with Crippen molar-refractivity contribution in [3.63, 3.8) is 0 Å². The lowest BCUT2D eigenvalue weighted by atomic mass is 10.1. The van der Waals surface area contributed by atoms with E-state index in [0.29, 0.717) is 0 Å². The van der Waals surface area contributed by atoms with Crippen LogP contribution in [0.5, 0.6) is 0 Å². The lowest BCUT2D eigenvalue weighted by Crippen LogP contribution is -2.42. The number of sulfonamides is 1. The Morgan fingerprint density at radius 2 is 2.15 bits per heavy atom. The van der Waals surface area contributed by atoms with Crippen LogP contribution in [0.3, 0.4) is 0 Å². The van der Waals surface area contributed by atoms with E-state index < -0.39 is 10.0 Å². The van der Waals surface area contributed by atoms with E-state index >= 15 is 0 Å². The molecule has 1 fully saturated rings. The van der Waals surface area contributed by atoms with Crippen molar-refractivity contribution < 1.29 is 8.42 Å². The van der Waals surface area contributed by atoms with E-state index in [0.717, 1.165) is 19.3 Å². The van der Waals surface area contributed by atoms with Gasteiger partial charge in [-0.3, -0.25) is 0 Å². The topological polar surface area (TPSA) is 37.4 Å². The maximum Gasteiger partial charge on any atom is 0.212 e. The molecule has 2 rings (SSSR count). The predicted octanol–water partition coefficient (Wildman–Crippen LogP) is 1.13. The predicted molar refractivity (Wildman–Crippen MR) is 51.9 cm³/mol. The normalized spacial score (nSPS) is 34.8. The molecule has 3 nitrogen and oxygen atoms in total. The zero-order valence-corrected chi connectivity index (χ0v) is 8.84. The third kappa shape index (κ3) is 1.53. The van der Waals surface area contributed by atoms with Crippen LogP contribution in [0.1, 0.15) is 26.2 Å². The van der Waals surface area contributed by atoms with Crippen LogP contribution in [-0.2, 0) is 10.0 Å². The van der Waals surface area contributed by atoms with Gasteiger partial charge in [-0.15, -0.1) is 0 Å². The standard InChI is InChI=1S/C9H15NO2S/c1-7-5-8-3-4-9(6-7)10(8)13(2,11)12/h5,8-9H,3-4,6H2,1-2H3. The van der Waals surface area contributed by atoms with Crippen LogP contribution < -0.4 is 0 Å². The van der Waals surface area contributed by atoms with Gasteiger partial charge in [0, 0.05) is 12.1 Å². The van der Waals surface area contributed by atoms with Gasteiger partial charge in [0.2, 0.25) is 10.0 Å². The van der Waals surface area contributed by atoms with Crippen molar-refractivity contribution in [2.45, 2.75) is 38.3 Å². The van der Waals surface area contributed by atoms with Crippen LogP contribution in [0.2, 0.25) is 0 Å². The second kappa shape index (κ2) is 2.82. The fraction of sp³-hybridized carbons (Fsp3) is 0.778. The molecule has 0 spiro atoms. The molecule has 2 aliphatic heterocycles. The van der Waals surface area contributed by atoms with Crippen LogP contribution in [0.25, 0.3) is 0 Å². The van der Waals surface area contributed by atoms with E-state index in [9.17, 15) is 8.42 Å². The minimum absolute atomic E-state index is 0.147. The Balaban J connectivity index is 2.36. The van der Waals surface area contributed by atoms with Crippen LogP contribution in [0.15, 0.2) is 11.6 Å². The number of hydrogen-bond acceptors (Lipinski definition) is 2. The van der Waals surface area contributed by atoms with Gasteiger partial charge in [-0.2, -0.15) is 4.31 Å². The fourth-order valence-electron chi connectivity index (χ4n) is 2.52. The highest BCUT2D eigenvalue weighted by atomic mass is 32.2. The molecular weight excluding hydrogens is 186 g/mol. The summed E-state index contributed by atoms with van der Waals surface area (Å²) in [6, 6.07) is 0.388. The number of hydrogen-bond donors (Lipinski definition) is 0. The lowest BCUT2D eigenvalue weighted by molar-refractivity contribution is 0.337. The third-order valence-electron chi connectivity index (χ3n) is 2.90. The molecule has 0 N–H and O–H groups in total. The minimum atomic E-state index is -3.00. The largest absolute Gasteiger partial charge is 0.212 e. The van der Waals surface area contributed by atoms with E-state index in [4.69, 9.17) is 0 Å². The highest BCUT2D eigenvalue weighted by Crippen LogP contribution is 2.36. The summed E-state index contributed by atoms with van der Waals surface area (Å²) in [4.78, 5) is 0. The zero-order valence-electron chi connectivity index (χ0n) is 8.03. The molecule has 1 saturated heterocycles. The molecule has 0 aromatic rings. The average Bonchev–Trinajstić information content (AvgIpc) is 2.23. The van der Waals surface area contributed by atoms with Crippen LogP contribution >= 0.6 is 0 Å². The second-order valence-corrected chi connectivity index (χ2v) is 6.00. The molecule has 0 aromatic carbocycles. The van der Waals surface area contributed by atoms with Gasteiger partial charge < -0.3 is 0 Å². The summed E-state index contributed by atoms with van der Waals surface area (Å²) in [7, 11) is -3.00. The molecule has 0 aliphatic carbocycles. The maximum absolute atomic E-state index is 11.5. The molecule has 2 unspecified atom stereocenters. The molecule has 0 aromatic heterocycles. The Morgan fingerprint density at radius 3 is 2.69 bits per heavy atom. The summed E-state index contributed by atoms with van der Waals surface area (Å²) >= 11 is 0. The van der Waals surface area contributed by atoms with Crippen molar-refractivity contribution >= 4 is 10.0 Å². The molecule has 2 atom stereocenters. The highest BCUT2D eigenvalue weighted by Gasteiger charge is 2.40. The molecule has 74 valence electrons. The van der Waals surface area contributed by atoms with Gasteiger partial charge in [-0.05, 0) is 26.2 Å². The summed E-state index contributed by atoms with van der Waals surface area (Å²) in [6.45, 7) is 2.09. The van der Waals surface area contributed by atoms with Crippen molar-refractivity contribution in [2.24, 2.45) is 0 Å². The molecular formula is C9H15NO2S. The number of fused-ring (bicyclic) bond motifs is 2. The number of rotatable bonds is 1. The maximum atomic E-state index is 11.5. The van der Waals surface area contributed by atoms with Crippen molar-refractivity contribution in [1.29, 1.82) is 0 Å². The highest BCUT2D eigenvalue weighted by molar-refractivity contribution is 7.88. The van der Waals surface area contributed by atoms with Crippen molar-refractivity contribution in [2.75, 3.05) is 6.26 Å². The summed E-state index contributed by atoms with van der Waals surface area (Å²) in [5.41, 5.74) is 1.34. The lowest BCUT2D eigenvalue weighted by Gasteiger charge is -2.30. The van der Waals surface area contributed by atoms with Gasteiger partial charge in [0.1, 0.15) is 0 Å². The fourth-order valence-corrected chi connectivity index (χ4v) is 3.90. The Kier molecular flexibility index (Phi) is 2.00. The van der Waals surface area contributed by atoms with E-state index in [1.165, 1.54) is 11.8 Å².